The third kappa shape index (κ3) is 3.19. The number of aliphatic hydroxyl groups is 1. The number of hydrogen-bond acceptors (Lipinski definition) is 3. The lowest BCUT2D eigenvalue weighted by Crippen LogP contribution is -2.19. The van der Waals surface area contributed by atoms with Gasteiger partial charge < -0.3 is 14.6 Å². The molecule has 0 fully saturated rings. The highest BCUT2D eigenvalue weighted by atomic mass is 16.6. The first-order valence-corrected chi connectivity index (χ1v) is 5.63. The second kappa shape index (κ2) is 5.66. The summed E-state index contributed by atoms with van der Waals surface area (Å²) in [5, 5.41) is 10.9. The standard InChI is InChI=1S/C14H16O3/c1-11(9-16-10-15)17-14-7-6-12-4-2-3-5-13(12)8-14/h2-8,11,15H,9-10H2,1H3/t11-/m0/s1. The fourth-order valence-corrected chi connectivity index (χ4v) is 1.73. The minimum absolute atomic E-state index is 0.0803. The number of rotatable bonds is 5. The Morgan fingerprint density at radius 1 is 1.12 bits per heavy atom. The number of hydrogen-bond donors (Lipinski definition) is 1. The van der Waals surface area contributed by atoms with Crippen LogP contribution in [0.3, 0.4) is 0 Å². The molecule has 0 aromatic heterocycles. The van der Waals surface area contributed by atoms with E-state index in [1.165, 1.54) is 5.39 Å². The minimum atomic E-state index is -0.272. The second-order valence-corrected chi connectivity index (χ2v) is 3.94. The lowest BCUT2D eigenvalue weighted by Gasteiger charge is -2.14. The summed E-state index contributed by atoms with van der Waals surface area (Å²) in [4.78, 5) is 0. The van der Waals surface area contributed by atoms with Crippen LogP contribution in [0, 0.1) is 0 Å². The van der Waals surface area contributed by atoms with Crippen LogP contribution in [0.15, 0.2) is 42.5 Å². The van der Waals surface area contributed by atoms with E-state index in [2.05, 4.69) is 12.1 Å². The first-order chi connectivity index (χ1) is 8.29. The molecule has 3 heteroatoms. The average molecular weight is 232 g/mol. The average Bonchev–Trinajstić information content (AvgIpc) is 2.36. The Hall–Kier alpha value is -1.58. The number of fused-ring (bicyclic) bond motifs is 1. The van der Waals surface area contributed by atoms with Crippen molar-refractivity contribution in [2.45, 2.75) is 13.0 Å². The number of aliphatic hydroxyl groups excluding tert-OH is 1. The highest BCUT2D eigenvalue weighted by Gasteiger charge is 2.04. The van der Waals surface area contributed by atoms with E-state index in [4.69, 9.17) is 14.6 Å². The predicted molar refractivity (Wildman–Crippen MR) is 67.1 cm³/mol. The van der Waals surface area contributed by atoms with E-state index in [0.29, 0.717) is 6.61 Å². The van der Waals surface area contributed by atoms with Gasteiger partial charge in [-0.3, -0.25) is 0 Å². The summed E-state index contributed by atoms with van der Waals surface area (Å²) in [5.41, 5.74) is 0. The van der Waals surface area contributed by atoms with Gasteiger partial charge in [-0.1, -0.05) is 30.3 Å². The Balaban J connectivity index is 2.08. The van der Waals surface area contributed by atoms with E-state index in [1.54, 1.807) is 0 Å². The summed E-state index contributed by atoms with van der Waals surface area (Å²) in [6.45, 7) is 2.01. The molecule has 0 aliphatic rings. The molecule has 2 aromatic rings. The topological polar surface area (TPSA) is 38.7 Å². The Morgan fingerprint density at radius 3 is 2.65 bits per heavy atom. The summed E-state index contributed by atoms with van der Waals surface area (Å²) in [7, 11) is 0. The Kier molecular flexibility index (Phi) is 3.96. The normalized spacial score (nSPS) is 12.6. The molecule has 0 bridgehead atoms. The molecule has 0 saturated heterocycles. The first kappa shape index (κ1) is 11.9. The molecule has 90 valence electrons. The zero-order valence-electron chi connectivity index (χ0n) is 9.80. The molecular formula is C14H16O3. The van der Waals surface area contributed by atoms with Crippen LogP contribution in [0.2, 0.25) is 0 Å². The summed E-state index contributed by atoms with van der Waals surface area (Å²) in [5.74, 6) is 0.817. The van der Waals surface area contributed by atoms with Gasteiger partial charge in [0.1, 0.15) is 18.6 Å². The summed E-state index contributed by atoms with van der Waals surface area (Å²) in [6, 6.07) is 14.1. The van der Waals surface area contributed by atoms with Crippen molar-refractivity contribution in [3.63, 3.8) is 0 Å². The molecule has 3 nitrogen and oxygen atoms in total. The lowest BCUT2D eigenvalue weighted by atomic mass is 10.1. The molecule has 0 radical (unpaired) electrons. The highest BCUT2D eigenvalue weighted by molar-refractivity contribution is 5.83. The smallest absolute Gasteiger partial charge is 0.143 e. The number of benzene rings is 2. The Morgan fingerprint density at radius 2 is 1.88 bits per heavy atom. The maximum atomic E-state index is 8.54. The monoisotopic (exact) mass is 232 g/mol. The van der Waals surface area contributed by atoms with Gasteiger partial charge in [-0.25, -0.2) is 0 Å². The van der Waals surface area contributed by atoms with Crippen LogP contribution < -0.4 is 4.74 Å². The zero-order chi connectivity index (χ0) is 12.1. The van der Waals surface area contributed by atoms with Crippen LogP contribution in [-0.2, 0) is 4.74 Å². The van der Waals surface area contributed by atoms with Gasteiger partial charge in [-0.05, 0) is 29.8 Å². The molecular weight excluding hydrogens is 216 g/mol. The molecule has 17 heavy (non-hydrogen) atoms. The van der Waals surface area contributed by atoms with Gasteiger partial charge in [0.05, 0.1) is 6.61 Å². The van der Waals surface area contributed by atoms with Gasteiger partial charge >= 0.3 is 0 Å². The van der Waals surface area contributed by atoms with Crippen molar-refractivity contribution < 1.29 is 14.6 Å². The van der Waals surface area contributed by atoms with E-state index in [1.807, 2.05) is 37.3 Å². The van der Waals surface area contributed by atoms with Crippen molar-refractivity contribution in [1.29, 1.82) is 0 Å². The summed E-state index contributed by atoms with van der Waals surface area (Å²) < 4.78 is 10.6. The van der Waals surface area contributed by atoms with Gasteiger partial charge in [0, 0.05) is 0 Å². The van der Waals surface area contributed by atoms with Gasteiger partial charge in [-0.2, -0.15) is 0 Å². The van der Waals surface area contributed by atoms with Crippen LogP contribution >= 0.6 is 0 Å². The van der Waals surface area contributed by atoms with Crippen molar-refractivity contribution in [3.8, 4) is 5.75 Å². The second-order valence-electron chi connectivity index (χ2n) is 3.94. The third-order valence-corrected chi connectivity index (χ3v) is 2.50. The Labute approximate surface area is 101 Å². The maximum Gasteiger partial charge on any atom is 0.143 e. The van der Waals surface area contributed by atoms with Crippen LogP contribution in [0.4, 0.5) is 0 Å². The molecule has 0 unspecified atom stereocenters. The molecule has 0 spiro atoms. The fourth-order valence-electron chi connectivity index (χ4n) is 1.73. The summed E-state index contributed by atoms with van der Waals surface area (Å²) in [6.07, 6.45) is -0.0803. The van der Waals surface area contributed by atoms with Crippen molar-refractivity contribution in [2.75, 3.05) is 13.4 Å². The summed E-state index contributed by atoms with van der Waals surface area (Å²) >= 11 is 0. The molecule has 2 aromatic carbocycles. The molecule has 0 amide bonds. The first-order valence-electron chi connectivity index (χ1n) is 5.63. The van der Waals surface area contributed by atoms with Crippen LogP contribution in [0.25, 0.3) is 10.8 Å². The third-order valence-electron chi connectivity index (χ3n) is 2.50. The largest absolute Gasteiger partial charge is 0.488 e. The van der Waals surface area contributed by atoms with E-state index < -0.39 is 0 Å². The predicted octanol–water partition coefficient (Wildman–Crippen LogP) is 2.57. The molecule has 0 aliphatic carbocycles. The van der Waals surface area contributed by atoms with Gasteiger partial charge in [0.15, 0.2) is 0 Å². The SMILES string of the molecule is C[C@@H](COCO)Oc1ccc2ccccc2c1. The molecule has 0 heterocycles. The Bertz CT molecular complexity index is 482. The number of ether oxygens (including phenoxy) is 2. The van der Waals surface area contributed by atoms with Crippen molar-refractivity contribution in [3.05, 3.63) is 42.5 Å². The van der Waals surface area contributed by atoms with Gasteiger partial charge in [0.25, 0.3) is 0 Å². The molecule has 1 N–H and O–H groups in total. The van der Waals surface area contributed by atoms with Crippen molar-refractivity contribution in [2.24, 2.45) is 0 Å². The van der Waals surface area contributed by atoms with E-state index in [-0.39, 0.29) is 12.9 Å². The minimum Gasteiger partial charge on any atom is -0.488 e. The molecule has 2 rings (SSSR count). The maximum absolute atomic E-state index is 8.54. The zero-order valence-corrected chi connectivity index (χ0v) is 9.80. The fraction of sp³-hybridized carbons (Fsp3) is 0.286. The van der Waals surface area contributed by atoms with E-state index in [0.717, 1.165) is 11.1 Å². The van der Waals surface area contributed by atoms with E-state index >= 15 is 0 Å². The molecule has 1 atom stereocenters. The van der Waals surface area contributed by atoms with Crippen molar-refractivity contribution in [1.82, 2.24) is 0 Å². The van der Waals surface area contributed by atoms with E-state index in [9.17, 15) is 0 Å². The van der Waals surface area contributed by atoms with Gasteiger partial charge in [0.2, 0.25) is 0 Å². The highest BCUT2D eigenvalue weighted by Crippen LogP contribution is 2.21. The molecule has 0 saturated carbocycles. The van der Waals surface area contributed by atoms with Crippen molar-refractivity contribution >= 4 is 10.8 Å². The lowest BCUT2D eigenvalue weighted by molar-refractivity contribution is -0.0311. The van der Waals surface area contributed by atoms with Crippen LogP contribution in [0.1, 0.15) is 6.92 Å². The quantitative estimate of drug-likeness (QED) is 0.805. The molecule has 0 aliphatic heterocycles. The van der Waals surface area contributed by atoms with Gasteiger partial charge in [-0.15, -0.1) is 0 Å². The van der Waals surface area contributed by atoms with Crippen LogP contribution in [-0.4, -0.2) is 24.6 Å². The van der Waals surface area contributed by atoms with Crippen LogP contribution in [0.5, 0.6) is 5.75 Å².